The van der Waals surface area contributed by atoms with Crippen molar-refractivity contribution < 1.29 is 15.1 Å². The molecule has 0 saturated carbocycles. The van der Waals surface area contributed by atoms with E-state index in [0.29, 0.717) is 15.6 Å². The number of aryl methyl sites for hydroxylation is 1. The Labute approximate surface area is 129 Å². The molecule has 9 heteroatoms. The van der Waals surface area contributed by atoms with Crippen LogP contribution in [0.2, 0.25) is 10.0 Å². The first-order chi connectivity index (χ1) is 9.81. The van der Waals surface area contributed by atoms with Crippen molar-refractivity contribution in [3.63, 3.8) is 0 Å². The van der Waals surface area contributed by atoms with Gasteiger partial charge in [-0.05, 0) is 25.1 Å². The van der Waals surface area contributed by atoms with Gasteiger partial charge in [-0.3, -0.25) is 4.79 Å². The maximum Gasteiger partial charge on any atom is 0.291 e. The summed E-state index contributed by atoms with van der Waals surface area (Å²) in [6.45, 7) is 2.05. The number of carbonyl (C=O) groups is 1. The lowest BCUT2D eigenvalue weighted by molar-refractivity contribution is -0.742. The molecule has 0 aliphatic carbocycles. The first-order valence-electron chi connectivity index (χ1n) is 5.60. The summed E-state index contributed by atoms with van der Waals surface area (Å²) in [6, 6.07) is 4.86. The highest BCUT2D eigenvalue weighted by Crippen LogP contribution is 2.21. The second-order valence-electron chi connectivity index (χ2n) is 3.89. The van der Waals surface area contributed by atoms with Crippen LogP contribution in [0.1, 0.15) is 16.2 Å². The summed E-state index contributed by atoms with van der Waals surface area (Å²) in [5.41, 5.74) is 0.437. The van der Waals surface area contributed by atoms with Crippen LogP contribution >= 0.6 is 23.2 Å². The average molecular weight is 332 g/mol. The Morgan fingerprint density at radius 2 is 2.10 bits per heavy atom. The second kappa shape index (κ2) is 7.61. The van der Waals surface area contributed by atoms with E-state index < -0.39 is 5.09 Å². The molecule has 1 aromatic carbocycles. The molecule has 0 unspecified atom stereocenters. The molecule has 0 bridgehead atoms. The summed E-state index contributed by atoms with van der Waals surface area (Å²) in [7, 11) is 0. The van der Waals surface area contributed by atoms with Crippen LogP contribution in [0, 0.1) is 17.0 Å². The largest absolute Gasteiger partial charge is 0.328 e. The number of aromatic nitrogens is 2. The number of hydrogen-bond donors (Lipinski definition) is 1. The lowest BCUT2D eigenvalue weighted by atomic mass is 10.1. The van der Waals surface area contributed by atoms with Crippen LogP contribution in [0.3, 0.4) is 0 Å². The number of ketones is 1. The van der Waals surface area contributed by atoms with Crippen molar-refractivity contribution >= 4 is 29.0 Å². The van der Waals surface area contributed by atoms with Crippen molar-refractivity contribution in [2.24, 2.45) is 0 Å². The van der Waals surface area contributed by atoms with Gasteiger partial charge in [0.1, 0.15) is 5.82 Å². The summed E-state index contributed by atoms with van der Waals surface area (Å²) in [4.78, 5) is 24.5. The lowest BCUT2D eigenvalue weighted by Crippen LogP contribution is -2.11. The fraction of sp³-hybridized carbons (Fsp3) is 0.167. The van der Waals surface area contributed by atoms with Crippen LogP contribution in [0.15, 0.2) is 30.6 Å². The summed E-state index contributed by atoms with van der Waals surface area (Å²) in [6.07, 6.45) is 3.41. The van der Waals surface area contributed by atoms with Crippen LogP contribution in [-0.2, 0) is 6.54 Å². The van der Waals surface area contributed by atoms with Crippen molar-refractivity contribution in [1.82, 2.24) is 9.55 Å². The predicted molar refractivity (Wildman–Crippen MR) is 76.5 cm³/mol. The van der Waals surface area contributed by atoms with Crippen molar-refractivity contribution in [2.45, 2.75) is 13.5 Å². The Kier molecular flexibility index (Phi) is 6.13. The average Bonchev–Trinajstić information content (AvgIpc) is 2.77. The van der Waals surface area contributed by atoms with Crippen LogP contribution in [-0.4, -0.2) is 25.6 Å². The third-order valence-electron chi connectivity index (χ3n) is 2.47. The highest BCUT2D eigenvalue weighted by molar-refractivity contribution is 6.35. The van der Waals surface area contributed by atoms with Gasteiger partial charge in [-0.15, -0.1) is 10.1 Å². The fourth-order valence-corrected chi connectivity index (χ4v) is 1.92. The number of benzene rings is 1. The lowest BCUT2D eigenvalue weighted by Gasteiger charge is -2.06. The van der Waals surface area contributed by atoms with Gasteiger partial charge in [0, 0.05) is 23.0 Å². The number of nitrogens with zero attached hydrogens (tertiary/aromatic N) is 3. The second-order valence-corrected chi connectivity index (χ2v) is 4.73. The van der Waals surface area contributed by atoms with Gasteiger partial charge < -0.3 is 9.77 Å². The molecule has 21 heavy (non-hydrogen) atoms. The molecule has 0 fully saturated rings. The predicted octanol–water partition coefficient (Wildman–Crippen LogP) is 3.03. The van der Waals surface area contributed by atoms with Gasteiger partial charge in [-0.2, -0.15) is 0 Å². The Hall–Kier alpha value is -2.12. The highest BCUT2D eigenvalue weighted by atomic mass is 35.5. The molecule has 2 rings (SSSR count). The molecule has 1 aromatic heterocycles. The molecule has 0 atom stereocenters. The van der Waals surface area contributed by atoms with Crippen LogP contribution in [0.4, 0.5) is 0 Å². The molecule has 0 aliphatic heterocycles. The first-order valence-corrected chi connectivity index (χ1v) is 6.36. The third kappa shape index (κ3) is 5.41. The number of halogens is 2. The van der Waals surface area contributed by atoms with E-state index in [2.05, 4.69) is 4.98 Å². The van der Waals surface area contributed by atoms with Gasteiger partial charge in [0.15, 0.2) is 5.78 Å². The summed E-state index contributed by atoms with van der Waals surface area (Å²) < 4.78 is 1.76. The molecule has 1 N–H and O–H groups in total. The summed E-state index contributed by atoms with van der Waals surface area (Å²) in [5, 5.41) is 14.6. The molecule has 0 spiro atoms. The Balaban J connectivity index is 0.000000491. The molecular formula is C12H11Cl2N3O4. The van der Waals surface area contributed by atoms with Crippen LogP contribution in [0.5, 0.6) is 0 Å². The van der Waals surface area contributed by atoms with Gasteiger partial charge >= 0.3 is 0 Å². The molecule has 0 radical (unpaired) electrons. The van der Waals surface area contributed by atoms with Crippen molar-refractivity contribution in [1.29, 1.82) is 0 Å². The molecule has 2 aromatic rings. The normalized spacial score (nSPS) is 9.67. The van der Waals surface area contributed by atoms with Gasteiger partial charge in [-0.1, -0.05) is 23.2 Å². The van der Waals surface area contributed by atoms with Crippen molar-refractivity contribution in [3.05, 3.63) is 62.1 Å². The number of carbonyl (C=O) groups excluding carboxylic acids is 1. The minimum Gasteiger partial charge on any atom is -0.328 e. The van der Waals surface area contributed by atoms with Gasteiger partial charge in [0.2, 0.25) is 0 Å². The minimum absolute atomic E-state index is 0.0846. The summed E-state index contributed by atoms with van der Waals surface area (Å²) >= 11 is 11.8. The van der Waals surface area contributed by atoms with Gasteiger partial charge in [0.25, 0.3) is 5.09 Å². The molecule has 112 valence electrons. The Morgan fingerprint density at radius 3 is 2.62 bits per heavy atom. The fourth-order valence-electron chi connectivity index (χ4n) is 1.52. The van der Waals surface area contributed by atoms with Crippen LogP contribution in [0.25, 0.3) is 0 Å². The minimum atomic E-state index is -1.50. The van der Waals surface area contributed by atoms with Gasteiger partial charge in [-0.25, -0.2) is 4.98 Å². The monoisotopic (exact) mass is 331 g/mol. The standard InChI is InChI=1S/C12H10Cl2N2O.HNO3/c1-8-15-4-5-16(8)7-12(17)10-6-9(13)2-3-11(10)14;2-1(3)4/h2-6H,7H2,1H3;(H,2,3,4). The van der Waals surface area contributed by atoms with E-state index in [0.717, 1.165) is 5.82 Å². The Bertz CT molecular complexity index is 654. The van der Waals surface area contributed by atoms with E-state index in [1.54, 1.807) is 35.2 Å². The zero-order chi connectivity index (χ0) is 16.0. The maximum absolute atomic E-state index is 12.0. The van der Waals surface area contributed by atoms with E-state index in [1.165, 1.54) is 0 Å². The molecule has 1 heterocycles. The number of rotatable bonds is 3. The molecule has 7 nitrogen and oxygen atoms in total. The van der Waals surface area contributed by atoms with Crippen LogP contribution < -0.4 is 0 Å². The van der Waals surface area contributed by atoms with E-state index >= 15 is 0 Å². The SMILES string of the molecule is Cc1nccn1CC(=O)c1cc(Cl)ccc1Cl.O=[N+]([O-])O. The van der Waals surface area contributed by atoms with E-state index in [-0.39, 0.29) is 12.3 Å². The topological polar surface area (TPSA) is 98.3 Å². The smallest absolute Gasteiger partial charge is 0.291 e. The number of hydrogen-bond acceptors (Lipinski definition) is 4. The first kappa shape index (κ1) is 16.9. The highest BCUT2D eigenvalue weighted by Gasteiger charge is 2.12. The van der Waals surface area contributed by atoms with Gasteiger partial charge in [0.05, 0.1) is 11.6 Å². The van der Waals surface area contributed by atoms with Crippen molar-refractivity contribution in [3.8, 4) is 0 Å². The number of Topliss-reactive ketones (excluding diaryl/α,β-unsaturated/α-hetero) is 1. The van der Waals surface area contributed by atoms with E-state index in [1.807, 2.05) is 6.92 Å². The quantitative estimate of drug-likeness (QED) is 0.529. The summed E-state index contributed by atoms with van der Waals surface area (Å²) in [5.74, 6) is 0.704. The maximum atomic E-state index is 12.0. The van der Waals surface area contributed by atoms with E-state index in [4.69, 9.17) is 38.5 Å². The Morgan fingerprint density at radius 1 is 1.48 bits per heavy atom. The molecular weight excluding hydrogens is 321 g/mol. The van der Waals surface area contributed by atoms with E-state index in [9.17, 15) is 4.79 Å². The zero-order valence-electron chi connectivity index (χ0n) is 10.9. The molecule has 0 aliphatic rings. The molecule has 0 saturated heterocycles. The third-order valence-corrected chi connectivity index (χ3v) is 3.03. The number of imidazole rings is 1. The molecule has 0 amide bonds. The van der Waals surface area contributed by atoms with Crippen molar-refractivity contribution in [2.75, 3.05) is 0 Å². The zero-order valence-corrected chi connectivity index (χ0v) is 12.4.